The summed E-state index contributed by atoms with van der Waals surface area (Å²) in [6.07, 6.45) is 4.77. The van der Waals surface area contributed by atoms with Crippen LogP contribution in [0.3, 0.4) is 0 Å². The molecule has 0 aromatic heterocycles. The van der Waals surface area contributed by atoms with Gasteiger partial charge in [-0.25, -0.2) is 0 Å². The van der Waals surface area contributed by atoms with Gasteiger partial charge in [-0.2, -0.15) is 0 Å². The van der Waals surface area contributed by atoms with Crippen LogP contribution in [-0.2, 0) is 11.2 Å². The van der Waals surface area contributed by atoms with Crippen LogP contribution in [0.1, 0.15) is 43.4 Å². The molecule has 1 aromatic carbocycles. The molecule has 2 aliphatic rings. The Balaban J connectivity index is 1.55. The van der Waals surface area contributed by atoms with Crippen molar-refractivity contribution in [2.24, 2.45) is 0 Å². The van der Waals surface area contributed by atoms with E-state index in [1.54, 1.807) is 0 Å². The minimum Gasteiger partial charge on any atom is -0.378 e. The summed E-state index contributed by atoms with van der Waals surface area (Å²) in [7, 11) is 1.85. The SMILES string of the molecule is COC1(CCc2ccc(C(C)N3CCNCC3)cc2)CC1. The van der Waals surface area contributed by atoms with E-state index in [4.69, 9.17) is 4.74 Å². The average Bonchev–Trinajstić information content (AvgIpc) is 3.34. The van der Waals surface area contributed by atoms with Gasteiger partial charge in [-0.15, -0.1) is 0 Å². The van der Waals surface area contributed by atoms with Crippen LogP contribution in [-0.4, -0.2) is 43.8 Å². The average molecular weight is 288 g/mol. The third-order valence-corrected chi connectivity index (χ3v) is 5.27. The lowest BCUT2D eigenvalue weighted by molar-refractivity contribution is 0.0731. The lowest BCUT2D eigenvalue weighted by atomic mass is 10.0. The van der Waals surface area contributed by atoms with Gasteiger partial charge in [0.1, 0.15) is 0 Å². The molecule has 1 heterocycles. The molecule has 0 spiro atoms. The van der Waals surface area contributed by atoms with Crippen molar-refractivity contribution in [3.8, 4) is 0 Å². The summed E-state index contributed by atoms with van der Waals surface area (Å²) >= 11 is 0. The molecule has 1 saturated heterocycles. The normalized spacial score (nSPS) is 23.0. The standard InChI is InChI=1S/C18H28N2O/c1-15(20-13-11-19-12-14-20)17-5-3-16(4-6-17)7-8-18(21-2)9-10-18/h3-6,15,19H,7-14H2,1-2H3. The van der Waals surface area contributed by atoms with Crippen LogP contribution in [0.4, 0.5) is 0 Å². The smallest absolute Gasteiger partial charge is 0.0684 e. The van der Waals surface area contributed by atoms with Crippen molar-refractivity contribution in [1.29, 1.82) is 0 Å². The number of hydrogen-bond donors (Lipinski definition) is 1. The summed E-state index contributed by atoms with van der Waals surface area (Å²) in [5.41, 5.74) is 3.09. The molecule has 1 aromatic rings. The quantitative estimate of drug-likeness (QED) is 0.871. The molecule has 2 fully saturated rings. The zero-order valence-electron chi connectivity index (χ0n) is 13.4. The first-order valence-electron chi connectivity index (χ1n) is 8.31. The molecular formula is C18H28N2O. The Hall–Kier alpha value is -0.900. The molecule has 0 bridgehead atoms. The van der Waals surface area contributed by atoms with E-state index in [0.29, 0.717) is 6.04 Å². The highest BCUT2D eigenvalue weighted by molar-refractivity contribution is 5.25. The third-order valence-electron chi connectivity index (χ3n) is 5.27. The molecule has 3 nitrogen and oxygen atoms in total. The van der Waals surface area contributed by atoms with E-state index in [1.165, 1.54) is 24.0 Å². The monoisotopic (exact) mass is 288 g/mol. The number of ether oxygens (including phenoxy) is 1. The number of aryl methyl sites for hydroxylation is 1. The lowest BCUT2D eigenvalue weighted by Gasteiger charge is -2.33. The van der Waals surface area contributed by atoms with Crippen molar-refractivity contribution >= 4 is 0 Å². The molecule has 116 valence electrons. The first-order valence-corrected chi connectivity index (χ1v) is 8.31. The highest BCUT2D eigenvalue weighted by atomic mass is 16.5. The predicted molar refractivity (Wildman–Crippen MR) is 86.6 cm³/mol. The van der Waals surface area contributed by atoms with Gasteiger partial charge in [0, 0.05) is 39.3 Å². The molecule has 1 aliphatic carbocycles. The maximum absolute atomic E-state index is 5.60. The second-order valence-corrected chi connectivity index (χ2v) is 6.59. The predicted octanol–water partition coefficient (Wildman–Crippen LogP) is 2.76. The van der Waals surface area contributed by atoms with Crippen molar-refractivity contribution in [2.45, 2.75) is 44.2 Å². The molecular weight excluding hydrogens is 260 g/mol. The number of nitrogens with zero attached hydrogens (tertiary/aromatic N) is 1. The second kappa shape index (κ2) is 6.47. The maximum atomic E-state index is 5.60. The van der Waals surface area contributed by atoms with Crippen molar-refractivity contribution in [1.82, 2.24) is 10.2 Å². The van der Waals surface area contributed by atoms with Gasteiger partial charge in [-0.1, -0.05) is 24.3 Å². The Morgan fingerprint density at radius 3 is 2.43 bits per heavy atom. The summed E-state index contributed by atoms with van der Waals surface area (Å²) in [6.45, 7) is 6.85. The molecule has 0 amide bonds. The van der Waals surface area contributed by atoms with Crippen molar-refractivity contribution in [2.75, 3.05) is 33.3 Å². The fourth-order valence-electron chi connectivity index (χ4n) is 3.31. The number of benzene rings is 1. The zero-order chi connectivity index (χ0) is 14.7. The fourth-order valence-corrected chi connectivity index (χ4v) is 3.31. The molecule has 1 N–H and O–H groups in total. The van der Waals surface area contributed by atoms with Gasteiger partial charge >= 0.3 is 0 Å². The van der Waals surface area contributed by atoms with Gasteiger partial charge in [-0.05, 0) is 43.7 Å². The molecule has 0 radical (unpaired) electrons. The molecule has 1 atom stereocenters. The van der Waals surface area contributed by atoms with Crippen LogP contribution in [0.2, 0.25) is 0 Å². The van der Waals surface area contributed by atoms with E-state index in [2.05, 4.69) is 41.4 Å². The highest BCUT2D eigenvalue weighted by Crippen LogP contribution is 2.42. The molecule has 1 aliphatic heterocycles. The Kier molecular flexibility index (Phi) is 4.63. The van der Waals surface area contributed by atoms with Crippen LogP contribution >= 0.6 is 0 Å². The van der Waals surface area contributed by atoms with Crippen molar-refractivity contribution < 1.29 is 4.74 Å². The van der Waals surface area contributed by atoms with Crippen LogP contribution in [0.25, 0.3) is 0 Å². The van der Waals surface area contributed by atoms with Crippen LogP contribution in [0.15, 0.2) is 24.3 Å². The van der Waals surface area contributed by atoms with Gasteiger partial charge in [0.05, 0.1) is 5.60 Å². The van der Waals surface area contributed by atoms with Gasteiger partial charge in [-0.3, -0.25) is 4.90 Å². The number of nitrogens with one attached hydrogen (secondary N) is 1. The first-order chi connectivity index (χ1) is 10.2. The second-order valence-electron chi connectivity index (χ2n) is 6.59. The number of piperazine rings is 1. The van der Waals surface area contributed by atoms with E-state index in [-0.39, 0.29) is 5.60 Å². The van der Waals surface area contributed by atoms with E-state index in [0.717, 1.165) is 39.0 Å². The summed E-state index contributed by atoms with van der Waals surface area (Å²) in [5.74, 6) is 0. The highest BCUT2D eigenvalue weighted by Gasteiger charge is 2.42. The van der Waals surface area contributed by atoms with Crippen LogP contribution in [0, 0.1) is 0 Å². The number of methoxy groups -OCH3 is 1. The minimum atomic E-state index is 0.215. The fraction of sp³-hybridized carbons (Fsp3) is 0.667. The Labute approximate surface area is 128 Å². The summed E-state index contributed by atoms with van der Waals surface area (Å²) in [4.78, 5) is 2.57. The van der Waals surface area contributed by atoms with Crippen LogP contribution in [0.5, 0.6) is 0 Å². The Bertz CT molecular complexity index is 447. The largest absolute Gasteiger partial charge is 0.378 e. The first kappa shape index (κ1) is 15.0. The number of rotatable bonds is 6. The Morgan fingerprint density at radius 1 is 1.19 bits per heavy atom. The van der Waals surface area contributed by atoms with Gasteiger partial charge < -0.3 is 10.1 Å². The van der Waals surface area contributed by atoms with E-state index < -0.39 is 0 Å². The summed E-state index contributed by atoms with van der Waals surface area (Å²) < 4.78 is 5.60. The minimum absolute atomic E-state index is 0.215. The molecule has 3 heteroatoms. The molecule has 21 heavy (non-hydrogen) atoms. The van der Waals surface area contributed by atoms with E-state index in [9.17, 15) is 0 Å². The van der Waals surface area contributed by atoms with Gasteiger partial charge in [0.15, 0.2) is 0 Å². The van der Waals surface area contributed by atoms with Gasteiger partial charge in [0.2, 0.25) is 0 Å². The molecule has 1 saturated carbocycles. The van der Waals surface area contributed by atoms with Gasteiger partial charge in [0.25, 0.3) is 0 Å². The Morgan fingerprint density at radius 2 is 1.86 bits per heavy atom. The van der Waals surface area contributed by atoms with E-state index in [1.807, 2.05) is 7.11 Å². The number of hydrogen-bond acceptors (Lipinski definition) is 3. The van der Waals surface area contributed by atoms with Crippen LogP contribution < -0.4 is 5.32 Å². The van der Waals surface area contributed by atoms with E-state index >= 15 is 0 Å². The summed E-state index contributed by atoms with van der Waals surface area (Å²) in [5, 5.41) is 3.42. The molecule has 3 rings (SSSR count). The topological polar surface area (TPSA) is 24.5 Å². The summed E-state index contributed by atoms with van der Waals surface area (Å²) in [6, 6.07) is 9.76. The van der Waals surface area contributed by atoms with Crippen molar-refractivity contribution in [3.63, 3.8) is 0 Å². The third kappa shape index (κ3) is 3.65. The lowest BCUT2D eigenvalue weighted by Crippen LogP contribution is -2.44. The zero-order valence-corrected chi connectivity index (χ0v) is 13.4. The maximum Gasteiger partial charge on any atom is 0.0684 e. The molecule has 1 unspecified atom stereocenters. The van der Waals surface area contributed by atoms with Crippen molar-refractivity contribution in [3.05, 3.63) is 35.4 Å².